The molecular weight excluding hydrogens is 289 g/mol. The van der Waals surface area contributed by atoms with Gasteiger partial charge in [0.1, 0.15) is 10.2 Å². The maximum absolute atomic E-state index is 13.9. The molecule has 1 heterocycles. The Hall–Kier alpha value is -0.810. The van der Waals surface area contributed by atoms with E-state index in [1.807, 2.05) is 0 Å². The summed E-state index contributed by atoms with van der Waals surface area (Å²) >= 11 is 3.34. The fourth-order valence-corrected chi connectivity index (χ4v) is 2.96. The highest BCUT2D eigenvalue weighted by Crippen LogP contribution is 2.43. The molecule has 1 atom stereocenters. The van der Waals surface area contributed by atoms with Crippen molar-refractivity contribution in [2.45, 2.75) is 12.3 Å². The van der Waals surface area contributed by atoms with Crippen molar-refractivity contribution in [3.05, 3.63) is 21.9 Å². The molecule has 2 rings (SSSR count). The Labute approximate surface area is 108 Å². The van der Waals surface area contributed by atoms with Crippen LogP contribution >= 0.6 is 15.9 Å². The third-order valence-electron chi connectivity index (χ3n) is 3.07. The topological polar surface area (TPSA) is 30.5 Å². The number of rotatable bonds is 3. The van der Waals surface area contributed by atoms with Crippen LogP contribution in [0.3, 0.4) is 0 Å². The molecule has 1 unspecified atom stereocenters. The standard InChI is InChI=1S/C12H15BrFNO2/c1-16-11-8(7-3-4-15-6-7)5-9(14)12(17-2)10(11)13/h5,7,15H,3-4,6H2,1-2H3. The fraction of sp³-hybridized carbons (Fsp3) is 0.500. The quantitative estimate of drug-likeness (QED) is 0.931. The summed E-state index contributed by atoms with van der Waals surface area (Å²) in [4.78, 5) is 0. The normalized spacial score (nSPS) is 19.4. The van der Waals surface area contributed by atoms with Crippen molar-refractivity contribution in [2.75, 3.05) is 27.3 Å². The van der Waals surface area contributed by atoms with Crippen LogP contribution in [0.15, 0.2) is 10.5 Å². The summed E-state index contributed by atoms with van der Waals surface area (Å²) in [5.41, 5.74) is 0.891. The Morgan fingerprint density at radius 2 is 2.06 bits per heavy atom. The molecule has 0 aromatic heterocycles. The molecule has 94 valence electrons. The van der Waals surface area contributed by atoms with E-state index in [1.54, 1.807) is 7.11 Å². The minimum Gasteiger partial charge on any atom is -0.495 e. The highest BCUT2D eigenvalue weighted by molar-refractivity contribution is 9.10. The molecule has 1 saturated heterocycles. The molecule has 1 aromatic carbocycles. The van der Waals surface area contributed by atoms with Crippen molar-refractivity contribution in [3.63, 3.8) is 0 Å². The molecule has 3 nitrogen and oxygen atoms in total. The summed E-state index contributed by atoms with van der Waals surface area (Å²) in [6.45, 7) is 1.81. The monoisotopic (exact) mass is 303 g/mol. The van der Waals surface area contributed by atoms with Crippen molar-refractivity contribution in [2.24, 2.45) is 0 Å². The van der Waals surface area contributed by atoms with E-state index in [0.29, 0.717) is 16.1 Å². The van der Waals surface area contributed by atoms with E-state index in [4.69, 9.17) is 9.47 Å². The Bertz CT molecular complexity index is 419. The third-order valence-corrected chi connectivity index (χ3v) is 3.79. The molecule has 0 aliphatic carbocycles. The maximum Gasteiger partial charge on any atom is 0.172 e. The summed E-state index contributed by atoms with van der Waals surface area (Å²) in [5, 5.41) is 3.27. The van der Waals surface area contributed by atoms with Gasteiger partial charge in [-0.15, -0.1) is 0 Å². The Balaban J connectivity index is 2.51. The van der Waals surface area contributed by atoms with E-state index < -0.39 is 0 Å². The van der Waals surface area contributed by atoms with Gasteiger partial charge in [-0.3, -0.25) is 0 Å². The number of ether oxygens (including phenoxy) is 2. The van der Waals surface area contributed by atoms with Crippen LogP contribution in [-0.4, -0.2) is 27.3 Å². The number of benzene rings is 1. The molecule has 1 N–H and O–H groups in total. The van der Waals surface area contributed by atoms with Crippen molar-refractivity contribution in [1.29, 1.82) is 0 Å². The van der Waals surface area contributed by atoms with Gasteiger partial charge in [0.15, 0.2) is 11.6 Å². The summed E-state index contributed by atoms with van der Waals surface area (Å²) < 4.78 is 24.8. The van der Waals surface area contributed by atoms with Gasteiger partial charge in [-0.1, -0.05) is 0 Å². The third kappa shape index (κ3) is 2.26. The van der Waals surface area contributed by atoms with Gasteiger partial charge in [0.05, 0.1) is 14.2 Å². The smallest absolute Gasteiger partial charge is 0.172 e. The average Bonchev–Trinajstić information content (AvgIpc) is 2.82. The first-order valence-corrected chi connectivity index (χ1v) is 6.29. The second kappa shape index (κ2) is 5.23. The zero-order chi connectivity index (χ0) is 12.4. The van der Waals surface area contributed by atoms with Crippen molar-refractivity contribution >= 4 is 15.9 Å². The van der Waals surface area contributed by atoms with E-state index in [9.17, 15) is 4.39 Å². The molecule has 0 spiro atoms. The molecule has 1 aliphatic heterocycles. The molecule has 1 fully saturated rings. The Kier molecular flexibility index (Phi) is 3.89. The molecular formula is C12H15BrFNO2. The number of hydrogen-bond acceptors (Lipinski definition) is 3. The van der Waals surface area contributed by atoms with E-state index in [0.717, 1.165) is 25.1 Å². The zero-order valence-electron chi connectivity index (χ0n) is 9.85. The lowest BCUT2D eigenvalue weighted by atomic mass is 9.97. The summed E-state index contributed by atoms with van der Waals surface area (Å²) in [7, 11) is 3.03. The van der Waals surface area contributed by atoms with Crippen LogP contribution in [0.1, 0.15) is 17.9 Å². The second-order valence-electron chi connectivity index (χ2n) is 4.02. The predicted molar refractivity (Wildman–Crippen MR) is 67.4 cm³/mol. The zero-order valence-corrected chi connectivity index (χ0v) is 11.4. The number of nitrogens with one attached hydrogen (secondary N) is 1. The van der Waals surface area contributed by atoms with Crippen LogP contribution in [0.25, 0.3) is 0 Å². The molecule has 1 aliphatic rings. The molecule has 0 bridgehead atoms. The summed E-state index contributed by atoms with van der Waals surface area (Å²) in [6, 6.07) is 1.51. The van der Waals surface area contributed by atoms with Gasteiger partial charge in [-0.2, -0.15) is 0 Å². The van der Waals surface area contributed by atoms with Crippen LogP contribution in [0.2, 0.25) is 0 Å². The van der Waals surface area contributed by atoms with Crippen LogP contribution in [-0.2, 0) is 0 Å². The molecule has 0 radical (unpaired) electrons. The van der Waals surface area contributed by atoms with Gasteiger partial charge in [-0.05, 0) is 35.0 Å². The fourth-order valence-electron chi connectivity index (χ4n) is 2.22. The first kappa shape index (κ1) is 12.6. The predicted octanol–water partition coefficient (Wildman–Crippen LogP) is 2.68. The maximum atomic E-state index is 13.9. The largest absolute Gasteiger partial charge is 0.495 e. The van der Waals surface area contributed by atoms with E-state index >= 15 is 0 Å². The minimum absolute atomic E-state index is 0.191. The van der Waals surface area contributed by atoms with E-state index in [1.165, 1.54) is 13.2 Å². The Morgan fingerprint density at radius 1 is 1.35 bits per heavy atom. The molecule has 0 saturated carbocycles. The van der Waals surface area contributed by atoms with Gasteiger partial charge in [0.2, 0.25) is 0 Å². The van der Waals surface area contributed by atoms with Gasteiger partial charge in [-0.25, -0.2) is 4.39 Å². The molecule has 17 heavy (non-hydrogen) atoms. The molecule has 0 amide bonds. The van der Waals surface area contributed by atoms with Gasteiger partial charge in [0, 0.05) is 18.0 Å². The SMILES string of the molecule is COc1c(F)cc(C2CCNC2)c(OC)c1Br. The van der Waals surface area contributed by atoms with E-state index in [2.05, 4.69) is 21.2 Å². The van der Waals surface area contributed by atoms with Crippen molar-refractivity contribution < 1.29 is 13.9 Å². The minimum atomic E-state index is -0.359. The van der Waals surface area contributed by atoms with Crippen LogP contribution in [0.4, 0.5) is 4.39 Å². The molecule has 5 heteroatoms. The average molecular weight is 304 g/mol. The van der Waals surface area contributed by atoms with Gasteiger partial charge >= 0.3 is 0 Å². The summed E-state index contributed by atoms with van der Waals surface area (Å²) in [6.07, 6.45) is 0.995. The van der Waals surface area contributed by atoms with Gasteiger partial charge < -0.3 is 14.8 Å². The lowest BCUT2D eigenvalue weighted by Crippen LogP contribution is -2.09. The van der Waals surface area contributed by atoms with Crippen LogP contribution < -0.4 is 14.8 Å². The van der Waals surface area contributed by atoms with Gasteiger partial charge in [0.25, 0.3) is 0 Å². The lowest BCUT2D eigenvalue weighted by molar-refractivity contribution is 0.365. The highest BCUT2D eigenvalue weighted by Gasteiger charge is 2.25. The Morgan fingerprint density at radius 3 is 2.59 bits per heavy atom. The van der Waals surface area contributed by atoms with Crippen LogP contribution in [0, 0.1) is 5.82 Å². The first-order chi connectivity index (χ1) is 8.19. The number of hydrogen-bond donors (Lipinski definition) is 1. The highest BCUT2D eigenvalue weighted by atomic mass is 79.9. The lowest BCUT2D eigenvalue weighted by Gasteiger charge is -2.17. The van der Waals surface area contributed by atoms with Crippen LogP contribution in [0.5, 0.6) is 11.5 Å². The summed E-state index contributed by atoms with van der Waals surface area (Å²) in [5.74, 6) is 0.789. The van der Waals surface area contributed by atoms with Crippen molar-refractivity contribution in [1.82, 2.24) is 5.32 Å². The second-order valence-corrected chi connectivity index (χ2v) is 4.81. The molecule has 1 aromatic rings. The first-order valence-electron chi connectivity index (χ1n) is 5.49. The van der Waals surface area contributed by atoms with Crippen molar-refractivity contribution in [3.8, 4) is 11.5 Å². The van der Waals surface area contributed by atoms with E-state index in [-0.39, 0.29) is 11.6 Å². The number of methoxy groups -OCH3 is 2. The number of halogens is 2.